The summed E-state index contributed by atoms with van der Waals surface area (Å²) >= 11 is 1.45. The Morgan fingerprint density at radius 2 is 2.10 bits per heavy atom. The molecule has 6 nitrogen and oxygen atoms in total. The Balaban J connectivity index is 1.66. The zero-order chi connectivity index (χ0) is 15.3. The second kappa shape index (κ2) is 6.71. The van der Waals surface area contributed by atoms with Crippen LogP contribution in [0.15, 0.2) is 16.8 Å². The minimum absolute atomic E-state index is 0.155. The van der Waals surface area contributed by atoms with E-state index in [0.29, 0.717) is 31.4 Å². The van der Waals surface area contributed by atoms with Crippen molar-refractivity contribution in [3.63, 3.8) is 0 Å². The molecule has 0 atom stereocenters. The van der Waals surface area contributed by atoms with Crippen LogP contribution in [0.1, 0.15) is 42.5 Å². The highest BCUT2D eigenvalue weighted by Gasteiger charge is 2.45. The molecule has 0 bridgehead atoms. The van der Waals surface area contributed by atoms with E-state index in [1.54, 1.807) is 11.4 Å². The summed E-state index contributed by atoms with van der Waals surface area (Å²) in [6.45, 7) is 0.391. The molecule has 1 aromatic heterocycles. The zero-order valence-corrected chi connectivity index (χ0v) is 12.4. The fourth-order valence-corrected chi connectivity index (χ4v) is 2.83. The van der Waals surface area contributed by atoms with Crippen LogP contribution in [0.25, 0.3) is 0 Å². The molecule has 0 aromatic carbocycles. The average Bonchev–Trinajstić information content (AvgIpc) is 2.92. The van der Waals surface area contributed by atoms with Crippen molar-refractivity contribution in [3.05, 3.63) is 22.4 Å². The first-order chi connectivity index (χ1) is 10.0. The Labute approximate surface area is 126 Å². The summed E-state index contributed by atoms with van der Waals surface area (Å²) in [6, 6.07) is 1.74. The van der Waals surface area contributed by atoms with Gasteiger partial charge in [0.2, 0.25) is 5.91 Å². The first-order valence-electron chi connectivity index (χ1n) is 6.88. The Bertz CT molecular complexity index is 523. The molecule has 3 N–H and O–H groups in total. The van der Waals surface area contributed by atoms with Crippen LogP contribution in [0.3, 0.4) is 0 Å². The largest absolute Gasteiger partial charge is 0.480 e. The number of amides is 2. The van der Waals surface area contributed by atoms with Crippen molar-refractivity contribution in [2.75, 3.05) is 6.54 Å². The van der Waals surface area contributed by atoms with Crippen molar-refractivity contribution in [1.29, 1.82) is 0 Å². The molecule has 0 aliphatic heterocycles. The van der Waals surface area contributed by atoms with E-state index in [4.69, 9.17) is 5.11 Å². The number of rotatable bonds is 7. The molecule has 114 valence electrons. The first kappa shape index (κ1) is 15.5. The highest BCUT2D eigenvalue weighted by atomic mass is 32.1. The summed E-state index contributed by atoms with van der Waals surface area (Å²) in [5.41, 5.74) is -0.444. The molecule has 7 heteroatoms. The first-order valence-corrected chi connectivity index (χ1v) is 7.83. The fourth-order valence-electron chi connectivity index (χ4n) is 2.20. The molecule has 1 aromatic rings. The zero-order valence-electron chi connectivity index (χ0n) is 11.6. The number of thiophene rings is 1. The number of carbonyl (C=O) groups excluding carboxylic acids is 2. The van der Waals surface area contributed by atoms with E-state index in [0.717, 1.165) is 6.42 Å². The van der Waals surface area contributed by atoms with E-state index < -0.39 is 11.5 Å². The summed E-state index contributed by atoms with van der Waals surface area (Å²) in [4.78, 5) is 34.5. The number of carboxylic acid groups (broad SMARTS) is 1. The maximum Gasteiger partial charge on any atom is 0.329 e. The molecule has 0 spiro atoms. The summed E-state index contributed by atoms with van der Waals surface area (Å²) in [5, 5.41) is 18.0. The molecule has 1 heterocycles. The number of hydrogen-bond acceptors (Lipinski definition) is 4. The minimum Gasteiger partial charge on any atom is -0.480 e. The van der Waals surface area contributed by atoms with Gasteiger partial charge in [0.1, 0.15) is 5.54 Å². The van der Waals surface area contributed by atoms with Crippen molar-refractivity contribution in [2.24, 2.45) is 0 Å². The van der Waals surface area contributed by atoms with Crippen molar-refractivity contribution in [1.82, 2.24) is 10.6 Å². The molecule has 1 aliphatic carbocycles. The van der Waals surface area contributed by atoms with Gasteiger partial charge in [-0.15, -0.1) is 0 Å². The third kappa shape index (κ3) is 3.81. The predicted molar refractivity (Wildman–Crippen MR) is 78.2 cm³/mol. The van der Waals surface area contributed by atoms with Gasteiger partial charge >= 0.3 is 5.97 Å². The van der Waals surface area contributed by atoms with E-state index in [1.807, 2.05) is 5.38 Å². The van der Waals surface area contributed by atoms with Gasteiger partial charge in [-0.25, -0.2) is 4.79 Å². The second-order valence-corrected chi connectivity index (χ2v) is 5.94. The lowest BCUT2D eigenvalue weighted by Crippen LogP contribution is -2.59. The predicted octanol–water partition coefficient (Wildman–Crippen LogP) is 1.38. The average molecular weight is 310 g/mol. The van der Waals surface area contributed by atoms with Gasteiger partial charge in [-0.3, -0.25) is 9.59 Å². The highest BCUT2D eigenvalue weighted by Crippen LogP contribution is 2.32. The number of aliphatic carboxylic acids is 1. The van der Waals surface area contributed by atoms with Gasteiger partial charge < -0.3 is 15.7 Å². The highest BCUT2D eigenvalue weighted by molar-refractivity contribution is 7.08. The van der Waals surface area contributed by atoms with Gasteiger partial charge in [-0.1, -0.05) is 0 Å². The molecule has 0 unspecified atom stereocenters. The normalized spacial score (nSPS) is 15.8. The van der Waals surface area contributed by atoms with Crippen LogP contribution in [0.2, 0.25) is 0 Å². The topological polar surface area (TPSA) is 95.5 Å². The summed E-state index contributed by atoms with van der Waals surface area (Å²) in [7, 11) is 0. The Morgan fingerprint density at radius 1 is 1.33 bits per heavy atom. The van der Waals surface area contributed by atoms with Gasteiger partial charge in [0.05, 0.1) is 0 Å². The number of nitrogens with one attached hydrogen (secondary N) is 2. The number of carbonyl (C=O) groups is 3. The Morgan fingerprint density at radius 3 is 2.62 bits per heavy atom. The van der Waals surface area contributed by atoms with Gasteiger partial charge in [-0.2, -0.15) is 11.3 Å². The molecule has 2 amide bonds. The fraction of sp³-hybridized carbons (Fsp3) is 0.500. The molecular formula is C14H18N2O4S. The standard InChI is InChI=1S/C14H18N2O4S/c17-11(16-14(13(19)20)5-2-6-14)3-1-7-15-12(18)10-4-8-21-9-10/h4,8-9H,1-3,5-7H2,(H,15,18)(H,16,17)(H,19,20). The lowest BCUT2D eigenvalue weighted by atomic mass is 9.76. The van der Waals surface area contributed by atoms with Gasteiger partial charge in [0, 0.05) is 23.9 Å². The van der Waals surface area contributed by atoms with Gasteiger partial charge in [-0.05, 0) is 37.1 Å². The smallest absolute Gasteiger partial charge is 0.329 e. The van der Waals surface area contributed by atoms with E-state index in [1.165, 1.54) is 11.3 Å². The Hall–Kier alpha value is -1.89. The van der Waals surface area contributed by atoms with Gasteiger partial charge in [0.15, 0.2) is 0 Å². The SMILES string of the molecule is O=C(CCCNC(=O)c1ccsc1)NC1(C(=O)O)CCC1. The molecule has 1 aliphatic rings. The Kier molecular flexibility index (Phi) is 4.95. The maximum absolute atomic E-state index is 11.7. The molecule has 0 saturated heterocycles. The third-order valence-electron chi connectivity index (χ3n) is 3.64. The van der Waals surface area contributed by atoms with Gasteiger partial charge in [0.25, 0.3) is 5.91 Å². The monoisotopic (exact) mass is 310 g/mol. The van der Waals surface area contributed by atoms with Crippen molar-refractivity contribution in [2.45, 2.75) is 37.6 Å². The lowest BCUT2D eigenvalue weighted by Gasteiger charge is -2.38. The van der Waals surface area contributed by atoms with E-state index in [9.17, 15) is 14.4 Å². The number of hydrogen-bond donors (Lipinski definition) is 3. The quantitative estimate of drug-likeness (QED) is 0.663. The van der Waals surface area contributed by atoms with E-state index >= 15 is 0 Å². The van der Waals surface area contributed by atoms with Crippen molar-refractivity contribution < 1.29 is 19.5 Å². The maximum atomic E-state index is 11.7. The van der Waals surface area contributed by atoms with Crippen LogP contribution >= 0.6 is 11.3 Å². The second-order valence-electron chi connectivity index (χ2n) is 5.16. The molecule has 1 fully saturated rings. The van der Waals surface area contributed by atoms with Crippen LogP contribution in [-0.4, -0.2) is 35.0 Å². The molecule has 2 rings (SSSR count). The van der Waals surface area contributed by atoms with Crippen molar-refractivity contribution in [3.8, 4) is 0 Å². The van der Waals surface area contributed by atoms with Crippen molar-refractivity contribution >= 4 is 29.1 Å². The van der Waals surface area contributed by atoms with Crippen LogP contribution < -0.4 is 10.6 Å². The molecular weight excluding hydrogens is 292 g/mol. The minimum atomic E-state index is -1.06. The molecule has 21 heavy (non-hydrogen) atoms. The summed E-state index contributed by atoms with van der Waals surface area (Å²) in [5.74, 6) is -1.40. The summed E-state index contributed by atoms with van der Waals surface area (Å²) in [6.07, 6.45) is 2.49. The van der Waals surface area contributed by atoms with E-state index in [-0.39, 0.29) is 18.2 Å². The lowest BCUT2D eigenvalue weighted by molar-refractivity contribution is -0.151. The van der Waals surface area contributed by atoms with Crippen LogP contribution in [0.4, 0.5) is 0 Å². The van der Waals surface area contributed by atoms with E-state index in [2.05, 4.69) is 10.6 Å². The van der Waals surface area contributed by atoms with Crippen LogP contribution in [0, 0.1) is 0 Å². The van der Waals surface area contributed by atoms with Crippen LogP contribution in [-0.2, 0) is 9.59 Å². The number of carboxylic acids is 1. The summed E-state index contributed by atoms with van der Waals surface area (Å²) < 4.78 is 0. The third-order valence-corrected chi connectivity index (χ3v) is 4.33. The molecule has 1 saturated carbocycles. The molecule has 0 radical (unpaired) electrons. The van der Waals surface area contributed by atoms with Crippen LogP contribution in [0.5, 0.6) is 0 Å².